The number of benzene rings is 2. The van der Waals surface area contributed by atoms with Crippen LogP contribution in [0.3, 0.4) is 0 Å². The van der Waals surface area contributed by atoms with Crippen molar-refractivity contribution in [1.82, 2.24) is 9.62 Å². The third kappa shape index (κ3) is 5.37. The van der Waals surface area contributed by atoms with Gasteiger partial charge in [0.1, 0.15) is 5.82 Å². The van der Waals surface area contributed by atoms with Crippen molar-refractivity contribution in [1.29, 1.82) is 0 Å². The molecule has 1 N–H and O–H groups in total. The molecule has 0 aromatic heterocycles. The van der Waals surface area contributed by atoms with Crippen LogP contribution in [0.5, 0.6) is 0 Å². The van der Waals surface area contributed by atoms with Gasteiger partial charge in [-0.2, -0.15) is 0 Å². The zero-order valence-corrected chi connectivity index (χ0v) is 15.6. The minimum Gasteiger partial charge on any atom is -0.299 e. The van der Waals surface area contributed by atoms with Gasteiger partial charge < -0.3 is 0 Å². The van der Waals surface area contributed by atoms with E-state index in [9.17, 15) is 12.8 Å². The van der Waals surface area contributed by atoms with Gasteiger partial charge in [-0.3, -0.25) is 4.90 Å². The molecule has 3 rings (SSSR count). The van der Waals surface area contributed by atoms with E-state index in [1.54, 1.807) is 12.1 Å². The van der Waals surface area contributed by atoms with Gasteiger partial charge in [-0.05, 0) is 43.1 Å². The van der Waals surface area contributed by atoms with Crippen LogP contribution in [0, 0.1) is 5.82 Å². The number of nitrogens with one attached hydrogen (secondary N) is 1. The van der Waals surface area contributed by atoms with E-state index in [1.807, 2.05) is 18.2 Å². The maximum Gasteiger partial charge on any atom is 0.216 e. The van der Waals surface area contributed by atoms with Gasteiger partial charge in [0, 0.05) is 18.7 Å². The predicted molar refractivity (Wildman–Crippen MR) is 101 cm³/mol. The Morgan fingerprint density at radius 3 is 2.19 bits per heavy atom. The molecule has 4 nitrogen and oxygen atoms in total. The van der Waals surface area contributed by atoms with E-state index in [0.29, 0.717) is 0 Å². The average molecular weight is 376 g/mol. The first-order valence-electron chi connectivity index (χ1n) is 9.03. The van der Waals surface area contributed by atoms with Crippen LogP contribution in [0.1, 0.15) is 36.0 Å². The van der Waals surface area contributed by atoms with Crippen LogP contribution >= 0.6 is 0 Å². The molecule has 1 aliphatic rings. The number of nitrogens with zero attached hydrogens (tertiary/aromatic N) is 1. The molecule has 0 saturated carbocycles. The lowest BCUT2D eigenvalue weighted by Crippen LogP contribution is -2.30. The van der Waals surface area contributed by atoms with Crippen LogP contribution in [0.25, 0.3) is 0 Å². The van der Waals surface area contributed by atoms with Gasteiger partial charge in [0.25, 0.3) is 0 Å². The molecule has 1 aliphatic heterocycles. The lowest BCUT2D eigenvalue weighted by atomic mass is 10.1. The zero-order valence-electron chi connectivity index (χ0n) is 14.8. The quantitative estimate of drug-likeness (QED) is 0.805. The van der Waals surface area contributed by atoms with E-state index in [4.69, 9.17) is 0 Å². The Bertz CT molecular complexity index is 833. The molecular formula is C20H25FN2O2S. The SMILES string of the molecule is O=S(=O)(Cc1ccccc1F)NCc1ccccc1CN1CCCCC1. The highest BCUT2D eigenvalue weighted by molar-refractivity contribution is 7.88. The van der Waals surface area contributed by atoms with E-state index in [1.165, 1.54) is 31.4 Å². The van der Waals surface area contributed by atoms with Gasteiger partial charge in [-0.1, -0.05) is 48.9 Å². The smallest absolute Gasteiger partial charge is 0.216 e. The fraction of sp³-hybridized carbons (Fsp3) is 0.400. The number of piperidine rings is 1. The molecule has 26 heavy (non-hydrogen) atoms. The summed E-state index contributed by atoms with van der Waals surface area (Å²) in [6.07, 6.45) is 3.73. The van der Waals surface area contributed by atoms with Crippen LogP contribution in [-0.4, -0.2) is 26.4 Å². The van der Waals surface area contributed by atoms with Crippen LogP contribution in [0.2, 0.25) is 0 Å². The van der Waals surface area contributed by atoms with Crippen LogP contribution < -0.4 is 4.72 Å². The third-order valence-corrected chi connectivity index (χ3v) is 6.02. The Labute approximate surface area is 155 Å². The number of hydrogen-bond acceptors (Lipinski definition) is 3. The Morgan fingerprint density at radius 2 is 1.50 bits per heavy atom. The molecule has 2 aromatic rings. The first-order chi connectivity index (χ1) is 12.5. The van der Waals surface area contributed by atoms with Gasteiger partial charge in [0.05, 0.1) is 5.75 Å². The highest BCUT2D eigenvalue weighted by atomic mass is 32.2. The van der Waals surface area contributed by atoms with E-state index >= 15 is 0 Å². The van der Waals surface area contributed by atoms with E-state index in [0.717, 1.165) is 30.8 Å². The number of hydrogen-bond donors (Lipinski definition) is 1. The van der Waals surface area contributed by atoms with Gasteiger partial charge in [0.15, 0.2) is 0 Å². The first-order valence-corrected chi connectivity index (χ1v) is 10.7. The van der Waals surface area contributed by atoms with Crippen molar-refractivity contribution >= 4 is 10.0 Å². The molecule has 0 unspecified atom stereocenters. The van der Waals surface area contributed by atoms with Crippen LogP contribution in [0.4, 0.5) is 4.39 Å². The van der Waals surface area contributed by atoms with Crippen molar-refractivity contribution in [2.24, 2.45) is 0 Å². The molecule has 0 spiro atoms. The summed E-state index contributed by atoms with van der Waals surface area (Å²) in [5, 5.41) is 0. The summed E-state index contributed by atoms with van der Waals surface area (Å²) in [5.41, 5.74) is 2.29. The molecule has 1 saturated heterocycles. The molecule has 0 radical (unpaired) electrons. The number of likely N-dealkylation sites (tertiary alicyclic amines) is 1. The molecule has 1 heterocycles. The summed E-state index contributed by atoms with van der Waals surface area (Å²) in [6, 6.07) is 13.9. The van der Waals surface area contributed by atoms with Gasteiger partial charge >= 0.3 is 0 Å². The summed E-state index contributed by atoms with van der Waals surface area (Å²) in [4.78, 5) is 2.41. The van der Waals surface area contributed by atoms with Crippen LogP contribution in [-0.2, 0) is 28.9 Å². The number of halogens is 1. The van der Waals surface area contributed by atoms with Crippen molar-refractivity contribution in [3.05, 3.63) is 71.0 Å². The summed E-state index contributed by atoms with van der Waals surface area (Å²) >= 11 is 0. The molecule has 0 bridgehead atoms. The van der Waals surface area contributed by atoms with Crippen molar-refractivity contribution < 1.29 is 12.8 Å². The normalized spacial score (nSPS) is 15.9. The Kier molecular flexibility index (Phi) is 6.40. The molecule has 1 fully saturated rings. The maximum atomic E-state index is 13.7. The Morgan fingerprint density at radius 1 is 0.885 bits per heavy atom. The van der Waals surface area contributed by atoms with Crippen molar-refractivity contribution in [3.8, 4) is 0 Å². The number of rotatable bonds is 7. The van der Waals surface area contributed by atoms with Gasteiger partial charge in [0.2, 0.25) is 10.0 Å². The maximum absolute atomic E-state index is 13.7. The monoisotopic (exact) mass is 376 g/mol. The second kappa shape index (κ2) is 8.75. The summed E-state index contributed by atoms with van der Waals surface area (Å²) in [5.74, 6) is -0.850. The molecule has 0 amide bonds. The molecule has 2 aromatic carbocycles. The molecule has 0 aliphatic carbocycles. The second-order valence-corrected chi connectivity index (χ2v) is 8.58. The van der Waals surface area contributed by atoms with Gasteiger partial charge in [-0.25, -0.2) is 17.5 Å². The average Bonchev–Trinajstić information content (AvgIpc) is 2.64. The summed E-state index contributed by atoms with van der Waals surface area (Å²) in [6.45, 7) is 3.24. The van der Waals surface area contributed by atoms with Crippen molar-refractivity contribution in [3.63, 3.8) is 0 Å². The largest absolute Gasteiger partial charge is 0.299 e. The first kappa shape index (κ1) is 19.0. The molecule has 6 heteroatoms. The minimum atomic E-state index is -3.61. The van der Waals surface area contributed by atoms with E-state index in [2.05, 4.69) is 15.7 Å². The highest BCUT2D eigenvalue weighted by Gasteiger charge is 2.16. The van der Waals surface area contributed by atoms with E-state index < -0.39 is 15.8 Å². The Hall–Kier alpha value is -1.76. The minimum absolute atomic E-state index is 0.182. The van der Waals surface area contributed by atoms with E-state index in [-0.39, 0.29) is 17.9 Å². The lowest BCUT2D eigenvalue weighted by molar-refractivity contribution is 0.220. The van der Waals surface area contributed by atoms with Crippen molar-refractivity contribution in [2.75, 3.05) is 13.1 Å². The zero-order chi connectivity index (χ0) is 18.4. The predicted octanol–water partition coefficient (Wildman–Crippen LogP) is 3.43. The third-order valence-electron chi connectivity index (χ3n) is 4.75. The van der Waals surface area contributed by atoms with Crippen LogP contribution in [0.15, 0.2) is 48.5 Å². The summed E-state index contributed by atoms with van der Waals surface area (Å²) in [7, 11) is -3.61. The fourth-order valence-corrected chi connectivity index (χ4v) is 4.42. The second-order valence-electron chi connectivity index (χ2n) is 6.78. The topological polar surface area (TPSA) is 49.4 Å². The summed E-state index contributed by atoms with van der Waals surface area (Å²) < 4.78 is 41.0. The fourth-order valence-electron chi connectivity index (χ4n) is 3.30. The molecule has 140 valence electrons. The number of sulfonamides is 1. The lowest BCUT2D eigenvalue weighted by Gasteiger charge is -2.27. The highest BCUT2D eigenvalue weighted by Crippen LogP contribution is 2.17. The molecular weight excluding hydrogens is 351 g/mol. The Balaban J connectivity index is 1.64. The molecule has 0 atom stereocenters. The van der Waals surface area contributed by atoms with Gasteiger partial charge in [-0.15, -0.1) is 0 Å². The van der Waals surface area contributed by atoms with Crippen molar-refractivity contribution in [2.45, 2.75) is 38.1 Å². The standard InChI is InChI=1S/C20H25FN2O2S/c21-20-11-5-4-10-19(20)16-26(24,25)22-14-17-8-2-3-9-18(17)15-23-12-6-1-7-13-23/h2-5,8-11,22H,1,6-7,12-16H2.